The molecule has 1 unspecified atom stereocenters. The van der Waals surface area contributed by atoms with Gasteiger partial charge >= 0.3 is 0 Å². The van der Waals surface area contributed by atoms with Crippen LogP contribution in [0.3, 0.4) is 0 Å². The Kier molecular flexibility index (Phi) is 4.56. The van der Waals surface area contributed by atoms with Crippen LogP contribution in [0, 0.1) is 6.92 Å². The van der Waals surface area contributed by atoms with Crippen LogP contribution >= 0.6 is 11.6 Å². The van der Waals surface area contributed by atoms with E-state index in [1.165, 1.54) is 0 Å². The van der Waals surface area contributed by atoms with Crippen LogP contribution in [0.15, 0.2) is 24.5 Å². The van der Waals surface area contributed by atoms with Gasteiger partial charge in [0.25, 0.3) is 0 Å². The highest BCUT2D eigenvalue weighted by Crippen LogP contribution is 2.27. The molecule has 0 fully saturated rings. The fourth-order valence-electron chi connectivity index (χ4n) is 2.20. The van der Waals surface area contributed by atoms with E-state index >= 15 is 0 Å². The van der Waals surface area contributed by atoms with E-state index in [9.17, 15) is 0 Å². The Bertz CT molecular complexity index is 550. The predicted octanol–water partition coefficient (Wildman–Crippen LogP) is 2.76. The molecule has 0 saturated heterocycles. The Hall–Kier alpha value is -1.39. The van der Waals surface area contributed by atoms with E-state index in [1.54, 1.807) is 6.33 Å². The predicted molar refractivity (Wildman–Crippen MR) is 77.4 cm³/mol. The summed E-state index contributed by atoms with van der Waals surface area (Å²) in [4.78, 5) is 4.32. The van der Waals surface area contributed by atoms with Gasteiger partial charge in [-0.15, -0.1) is 0 Å². The maximum absolute atomic E-state index is 6.40. The second-order valence-corrected chi connectivity index (χ2v) is 4.89. The summed E-state index contributed by atoms with van der Waals surface area (Å²) >= 11 is 6.40. The van der Waals surface area contributed by atoms with E-state index in [-0.39, 0.29) is 6.04 Å². The van der Waals surface area contributed by atoms with Crippen LogP contribution in [0.2, 0.25) is 5.02 Å². The second-order valence-electron chi connectivity index (χ2n) is 4.52. The summed E-state index contributed by atoms with van der Waals surface area (Å²) in [7, 11) is 1.94. The van der Waals surface area contributed by atoms with Crippen LogP contribution in [0.1, 0.15) is 29.9 Å². The monoisotopic (exact) mass is 278 g/mol. The van der Waals surface area contributed by atoms with Crippen molar-refractivity contribution < 1.29 is 0 Å². The van der Waals surface area contributed by atoms with E-state index < -0.39 is 0 Å². The van der Waals surface area contributed by atoms with Crippen LogP contribution in [0.4, 0.5) is 0 Å². The first-order valence-corrected chi connectivity index (χ1v) is 6.84. The summed E-state index contributed by atoms with van der Waals surface area (Å²) in [5, 5.41) is 8.33. The molecular formula is C14H19ClN4. The smallest absolute Gasteiger partial charge is 0.138 e. The van der Waals surface area contributed by atoms with Gasteiger partial charge in [-0.1, -0.05) is 29.8 Å². The summed E-state index contributed by atoms with van der Waals surface area (Å²) in [5.41, 5.74) is 2.20. The fraction of sp³-hybridized carbons (Fsp3) is 0.429. The summed E-state index contributed by atoms with van der Waals surface area (Å²) in [6.07, 6.45) is 2.37. The average molecular weight is 279 g/mol. The third kappa shape index (κ3) is 2.96. The van der Waals surface area contributed by atoms with Gasteiger partial charge in [-0.05, 0) is 32.0 Å². The first-order valence-electron chi connectivity index (χ1n) is 6.46. The molecule has 5 heteroatoms. The Morgan fingerprint density at radius 3 is 2.89 bits per heavy atom. The second kappa shape index (κ2) is 6.17. The molecule has 0 radical (unpaired) electrons. The highest BCUT2D eigenvalue weighted by Gasteiger charge is 2.17. The molecule has 19 heavy (non-hydrogen) atoms. The Balaban J connectivity index is 2.28. The molecular weight excluding hydrogens is 260 g/mol. The molecule has 1 aromatic heterocycles. The lowest BCUT2D eigenvalue weighted by atomic mass is 10.0. The van der Waals surface area contributed by atoms with Crippen LogP contribution < -0.4 is 5.32 Å². The van der Waals surface area contributed by atoms with Crippen molar-refractivity contribution in [1.29, 1.82) is 0 Å². The zero-order chi connectivity index (χ0) is 13.8. The van der Waals surface area contributed by atoms with Crippen molar-refractivity contribution in [1.82, 2.24) is 20.1 Å². The summed E-state index contributed by atoms with van der Waals surface area (Å²) < 4.78 is 1.91. The van der Waals surface area contributed by atoms with Gasteiger partial charge in [0.15, 0.2) is 0 Å². The van der Waals surface area contributed by atoms with Gasteiger partial charge in [0, 0.05) is 24.0 Å². The van der Waals surface area contributed by atoms with Crippen LogP contribution in [0.5, 0.6) is 0 Å². The molecule has 1 heterocycles. The number of nitrogens with zero attached hydrogens (tertiary/aromatic N) is 3. The highest BCUT2D eigenvalue weighted by molar-refractivity contribution is 6.32. The summed E-state index contributed by atoms with van der Waals surface area (Å²) in [6, 6.07) is 6.25. The molecule has 0 bridgehead atoms. The molecule has 0 aliphatic carbocycles. The minimum atomic E-state index is 0.141. The lowest BCUT2D eigenvalue weighted by Gasteiger charge is -2.18. The molecule has 0 aliphatic rings. The molecule has 0 aliphatic heterocycles. The first kappa shape index (κ1) is 14.0. The maximum atomic E-state index is 6.40. The average Bonchev–Trinajstić information content (AvgIpc) is 2.87. The minimum absolute atomic E-state index is 0.141. The lowest BCUT2D eigenvalue weighted by molar-refractivity contribution is 0.533. The molecule has 102 valence electrons. The van der Waals surface area contributed by atoms with Gasteiger partial charge in [-0.3, -0.25) is 4.68 Å². The largest absolute Gasteiger partial charge is 0.313 e. The van der Waals surface area contributed by atoms with E-state index in [2.05, 4.69) is 28.4 Å². The number of hydrogen-bond acceptors (Lipinski definition) is 3. The third-order valence-electron chi connectivity index (χ3n) is 3.33. The number of nitrogens with one attached hydrogen (secondary N) is 1. The molecule has 0 spiro atoms. The van der Waals surface area contributed by atoms with Gasteiger partial charge < -0.3 is 5.32 Å². The van der Waals surface area contributed by atoms with Crippen LogP contribution in [0.25, 0.3) is 0 Å². The Morgan fingerprint density at radius 1 is 1.42 bits per heavy atom. The molecule has 2 aromatic rings. The minimum Gasteiger partial charge on any atom is -0.313 e. The number of rotatable bonds is 5. The van der Waals surface area contributed by atoms with Crippen molar-refractivity contribution in [3.05, 3.63) is 46.5 Å². The van der Waals surface area contributed by atoms with Gasteiger partial charge in [-0.25, -0.2) is 4.98 Å². The normalized spacial score (nSPS) is 12.6. The van der Waals surface area contributed by atoms with Crippen LogP contribution in [-0.2, 0) is 13.0 Å². The maximum Gasteiger partial charge on any atom is 0.138 e. The molecule has 1 aromatic carbocycles. The molecule has 1 N–H and O–H groups in total. The summed E-state index contributed by atoms with van der Waals surface area (Å²) in [5.74, 6) is 0.972. The van der Waals surface area contributed by atoms with Crippen LogP contribution in [-0.4, -0.2) is 21.8 Å². The molecule has 2 rings (SSSR count). The van der Waals surface area contributed by atoms with E-state index in [0.717, 1.165) is 34.9 Å². The number of likely N-dealkylation sites (N-methyl/N-ethyl adjacent to an activating group) is 1. The summed E-state index contributed by atoms with van der Waals surface area (Å²) in [6.45, 7) is 4.91. The lowest BCUT2D eigenvalue weighted by Crippen LogP contribution is -2.21. The topological polar surface area (TPSA) is 42.7 Å². The van der Waals surface area contributed by atoms with Crippen molar-refractivity contribution in [2.45, 2.75) is 32.9 Å². The number of aryl methyl sites for hydroxylation is 2. The standard InChI is InChI=1S/C14H19ClN4/c1-4-19-13(17-9-18-19)8-12(16-3)11-7-5-6-10(2)14(11)15/h5-7,9,12,16H,4,8H2,1-3H3. The zero-order valence-corrected chi connectivity index (χ0v) is 12.3. The van der Waals surface area contributed by atoms with Gasteiger partial charge in [-0.2, -0.15) is 5.10 Å². The molecule has 1 atom stereocenters. The molecule has 0 saturated carbocycles. The highest BCUT2D eigenvalue weighted by atomic mass is 35.5. The SMILES string of the molecule is CCn1ncnc1CC(NC)c1cccc(C)c1Cl. The van der Waals surface area contributed by atoms with Crippen molar-refractivity contribution in [2.24, 2.45) is 0 Å². The quantitative estimate of drug-likeness (QED) is 0.914. The molecule has 4 nitrogen and oxygen atoms in total. The van der Waals surface area contributed by atoms with Crippen molar-refractivity contribution in [3.63, 3.8) is 0 Å². The van der Waals surface area contributed by atoms with E-state index in [1.807, 2.05) is 30.8 Å². The third-order valence-corrected chi connectivity index (χ3v) is 3.84. The van der Waals surface area contributed by atoms with Gasteiger partial charge in [0.2, 0.25) is 0 Å². The van der Waals surface area contributed by atoms with E-state index in [0.29, 0.717) is 0 Å². The number of aromatic nitrogens is 3. The number of benzene rings is 1. The van der Waals surface area contributed by atoms with Gasteiger partial charge in [0.05, 0.1) is 0 Å². The van der Waals surface area contributed by atoms with Crippen molar-refractivity contribution in [2.75, 3.05) is 7.05 Å². The van der Waals surface area contributed by atoms with Gasteiger partial charge in [0.1, 0.15) is 12.2 Å². The van der Waals surface area contributed by atoms with E-state index in [4.69, 9.17) is 11.6 Å². The van der Waals surface area contributed by atoms with Crippen molar-refractivity contribution in [3.8, 4) is 0 Å². The number of hydrogen-bond donors (Lipinski definition) is 1. The Morgan fingerprint density at radius 2 is 2.21 bits per heavy atom. The molecule has 0 amide bonds. The Labute approximate surface area is 118 Å². The zero-order valence-electron chi connectivity index (χ0n) is 11.5. The number of halogens is 1. The first-order chi connectivity index (χ1) is 9.17. The van der Waals surface area contributed by atoms with Crippen molar-refractivity contribution >= 4 is 11.6 Å². The fourth-order valence-corrected chi connectivity index (χ4v) is 2.46.